The number of ether oxygens (including phenoxy) is 3. The Balaban J connectivity index is 1.42. The van der Waals surface area contributed by atoms with E-state index in [1.807, 2.05) is 6.92 Å². The summed E-state index contributed by atoms with van der Waals surface area (Å²) in [6.07, 6.45) is 1.99. The smallest absolute Gasteiger partial charge is 0.432 e. The van der Waals surface area contributed by atoms with Crippen LogP contribution < -0.4 is 14.2 Å². The second-order valence-electron chi connectivity index (χ2n) is 8.75. The lowest BCUT2D eigenvalue weighted by atomic mass is 10.0. The van der Waals surface area contributed by atoms with E-state index < -0.39 is 11.9 Å². The number of hydrogen-bond acceptors (Lipinski definition) is 8. The van der Waals surface area contributed by atoms with E-state index in [1.165, 1.54) is 26.7 Å². The van der Waals surface area contributed by atoms with Gasteiger partial charge in [-0.05, 0) is 36.5 Å². The van der Waals surface area contributed by atoms with Crippen LogP contribution in [0.2, 0.25) is 0 Å². The van der Waals surface area contributed by atoms with Crippen LogP contribution >= 0.6 is 0 Å². The molecule has 0 amide bonds. The lowest BCUT2D eigenvalue weighted by Crippen LogP contribution is -2.06. The van der Waals surface area contributed by atoms with Gasteiger partial charge < -0.3 is 19.2 Å². The van der Waals surface area contributed by atoms with Gasteiger partial charge in [-0.15, -0.1) is 0 Å². The number of hydrogen-bond donors (Lipinski definition) is 1. The maximum absolute atomic E-state index is 13.0. The minimum Gasteiger partial charge on any atom is -0.490 e. The molecule has 1 saturated carbocycles. The zero-order valence-corrected chi connectivity index (χ0v) is 21.0. The minimum atomic E-state index is -4.49. The maximum atomic E-state index is 13.0. The Bertz CT molecular complexity index is 1450. The van der Waals surface area contributed by atoms with Crippen LogP contribution in [-0.4, -0.2) is 44.1 Å². The van der Waals surface area contributed by atoms with Crippen LogP contribution in [-0.2, 0) is 19.2 Å². The molecule has 1 N–H and O–H groups in total. The van der Waals surface area contributed by atoms with Gasteiger partial charge in [0.25, 0.3) is 5.88 Å². The van der Waals surface area contributed by atoms with E-state index in [1.54, 1.807) is 18.2 Å². The Kier molecular flexibility index (Phi) is 6.87. The summed E-state index contributed by atoms with van der Waals surface area (Å²) in [6.45, 7) is 2.11. The fourth-order valence-electron chi connectivity index (χ4n) is 4.13. The summed E-state index contributed by atoms with van der Waals surface area (Å²) in [4.78, 5) is 24.0. The fraction of sp³-hybridized carbons (Fsp3) is 0.346. The molecule has 0 bridgehead atoms. The van der Waals surface area contributed by atoms with E-state index in [4.69, 9.17) is 14.2 Å². The SMILES string of the molecule is CCc1cc(-c2ncc(C(F)(F)F)[nH]2)ccc1COc1nc(-c2c(OC)ncnc2C2CC2)ncc1OC. The predicted molar refractivity (Wildman–Crippen MR) is 131 cm³/mol. The maximum Gasteiger partial charge on any atom is 0.432 e. The average Bonchev–Trinajstić information content (AvgIpc) is 3.65. The number of nitrogens with zero attached hydrogens (tertiary/aromatic N) is 5. The summed E-state index contributed by atoms with van der Waals surface area (Å²) in [6, 6.07) is 5.31. The molecule has 1 aromatic carbocycles. The van der Waals surface area contributed by atoms with Crippen molar-refractivity contribution in [3.63, 3.8) is 0 Å². The number of rotatable bonds is 9. The molecule has 0 aliphatic heterocycles. The minimum absolute atomic E-state index is 0.145. The number of imidazole rings is 1. The lowest BCUT2D eigenvalue weighted by Gasteiger charge is -2.15. The highest BCUT2D eigenvalue weighted by molar-refractivity contribution is 5.66. The van der Waals surface area contributed by atoms with Crippen molar-refractivity contribution >= 4 is 0 Å². The molecule has 0 radical (unpaired) electrons. The topological polar surface area (TPSA) is 108 Å². The van der Waals surface area contributed by atoms with Crippen LogP contribution in [0.3, 0.4) is 0 Å². The van der Waals surface area contributed by atoms with Crippen molar-refractivity contribution in [1.29, 1.82) is 0 Å². The first-order valence-electron chi connectivity index (χ1n) is 12.0. The Morgan fingerprint density at radius 2 is 1.79 bits per heavy atom. The van der Waals surface area contributed by atoms with Crippen LogP contribution in [0.1, 0.15) is 48.2 Å². The van der Waals surface area contributed by atoms with Gasteiger partial charge in [0.15, 0.2) is 11.6 Å². The number of alkyl halides is 3. The van der Waals surface area contributed by atoms with Crippen LogP contribution in [0.25, 0.3) is 22.8 Å². The number of halogens is 3. The average molecular weight is 527 g/mol. The van der Waals surface area contributed by atoms with Crippen LogP contribution in [0.15, 0.2) is 36.9 Å². The standard InChI is InChI=1S/C26H25F3N6O3/c1-4-14-9-16(22-31-11-19(34-22)26(27,28)29)7-8-17(14)12-38-24-18(36-2)10-30-23(35-24)20-21(15-5-6-15)32-13-33-25(20)37-3/h7-11,13,15H,4-6,12H2,1-3H3,(H,31,34). The number of H-pyrrole nitrogens is 1. The van der Waals surface area contributed by atoms with Crippen molar-refractivity contribution in [1.82, 2.24) is 29.9 Å². The molecular formula is C26H25F3N6O3. The van der Waals surface area contributed by atoms with E-state index in [0.29, 0.717) is 40.9 Å². The van der Waals surface area contributed by atoms with Crippen molar-refractivity contribution in [3.05, 3.63) is 59.4 Å². The first kappa shape index (κ1) is 25.4. The summed E-state index contributed by atoms with van der Waals surface area (Å²) in [7, 11) is 3.03. The van der Waals surface area contributed by atoms with Crippen molar-refractivity contribution in [2.45, 2.75) is 44.9 Å². The Hall–Kier alpha value is -4.22. The monoisotopic (exact) mass is 526 g/mol. The lowest BCUT2D eigenvalue weighted by molar-refractivity contribution is -0.140. The van der Waals surface area contributed by atoms with Crippen molar-refractivity contribution in [2.75, 3.05) is 14.2 Å². The van der Waals surface area contributed by atoms with E-state index in [0.717, 1.165) is 35.9 Å². The highest BCUT2D eigenvalue weighted by atomic mass is 19.4. The molecule has 3 aromatic heterocycles. The van der Waals surface area contributed by atoms with Gasteiger partial charge in [-0.1, -0.05) is 19.1 Å². The molecule has 1 aliphatic rings. The van der Waals surface area contributed by atoms with Gasteiger partial charge in [-0.25, -0.2) is 19.9 Å². The number of aryl methyl sites for hydroxylation is 1. The van der Waals surface area contributed by atoms with E-state index >= 15 is 0 Å². The van der Waals surface area contributed by atoms with Gasteiger partial charge in [0, 0.05) is 11.5 Å². The van der Waals surface area contributed by atoms with Gasteiger partial charge >= 0.3 is 6.18 Å². The van der Waals surface area contributed by atoms with Crippen LogP contribution in [0, 0.1) is 0 Å². The summed E-state index contributed by atoms with van der Waals surface area (Å²) in [5, 5.41) is 0. The molecule has 3 heterocycles. The van der Waals surface area contributed by atoms with Gasteiger partial charge in [0.05, 0.1) is 32.3 Å². The summed E-state index contributed by atoms with van der Waals surface area (Å²) in [5.41, 5.74) is 2.86. The van der Waals surface area contributed by atoms with Crippen molar-refractivity contribution in [2.24, 2.45) is 0 Å². The van der Waals surface area contributed by atoms with E-state index in [9.17, 15) is 13.2 Å². The Morgan fingerprint density at radius 1 is 0.974 bits per heavy atom. The molecule has 5 rings (SSSR count). The first-order valence-corrected chi connectivity index (χ1v) is 12.0. The van der Waals surface area contributed by atoms with Crippen molar-refractivity contribution in [3.8, 4) is 40.3 Å². The van der Waals surface area contributed by atoms with Gasteiger partial charge in [-0.2, -0.15) is 18.2 Å². The molecule has 0 atom stereocenters. The van der Waals surface area contributed by atoms with Crippen LogP contribution in [0.4, 0.5) is 13.2 Å². The van der Waals surface area contributed by atoms with Gasteiger partial charge in [-0.3, -0.25) is 0 Å². The molecule has 0 unspecified atom stereocenters. The molecule has 12 heteroatoms. The van der Waals surface area contributed by atoms with Gasteiger partial charge in [0.2, 0.25) is 5.88 Å². The second-order valence-corrected chi connectivity index (χ2v) is 8.75. The zero-order valence-electron chi connectivity index (χ0n) is 21.0. The molecule has 4 aromatic rings. The van der Waals surface area contributed by atoms with Gasteiger partial charge in [0.1, 0.15) is 30.0 Å². The van der Waals surface area contributed by atoms with E-state index in [-0.39, 0.29) is 18.3 Å². The number of nitrogens with one attached hydrogen (secondary N) is 1. The molecule has 1 aliphatic carbocycles. The largest absolute Gasteiger partial charge is 0.490 e. The molecule has 198 valence electrons. The van der Waals surface area contributed by atoms with Crippen molar-refractivity contribution < 1.29 is 27.4 Å². The summed E-state index contributed by atoms with van der Waals surface area (Å²) >= 11 is 0. The molecule has 9 nitrogen and oxygen atoms in total. The summed E-state index contributed by atoms with van der Waals surface area (Å²) < 4.78 is 55.9. The number of aromatic amines is 1. The van der Waals surface area contributed by atoms with Crippen LogP contribution in [0.5, 0.6) is 17.5 Å². The second kappa shape index (κ2) is 10.3. The quantitative estimate of drug-likeness (QED) is 0.310. The van der Waals surface area contributed by atoms with E-state index in [2.05, 4.69) is 29.9 Å². The molecule has 38 heavy (non-hydrogen) atoms. The molecular weight excluding hydrogens is 501 g/mol. The first-order chi connectivity index (χ1) is 18.3. The zero-order chi connectivity index (χ0) is 26.9. The number of aromatic nitrogens is 6. The Labute approximate surface area is 216 Å². The third-order valence-electron chi connectivity index (χ3n) is 6.27. The Morgan fingerprint density at radius 3 is 2.45 bits per heavy atom. The highest BCUT2D eigenvalue weighted by Crippen LogP contribution is 2.45. The third kappa shape index (κ3) is 5.11. The summed E-state index contributed by atoms with van der Waals surface area (Å²) in [5.74, 6) is 1.79. The molecule has 1 fully saturated rings. The fourth-order valence-corrected chi connectivity index (χ4v) is 4.13. The third-order valence-corrected chi connectivity index (χ3v) is 6.27. The molecule has 0 saturated heterocycles. The highest BCUT2D eigenvalue weighted by Gasteiger charge is 2.33. The number of benzene rings is 1. The molecule has 0 spiro atoms. The number of methoxy groups -OCH3 is 2. The predicted octanol–water partition coefficient (Wildman–Crippen LogP) is 5.38. The normalized spacial score (nSPS) is 13.4.